The first kappa shape index (κ1) is 27.0. The third kappa shape index (κ3) is 9.65. The Morgan fingerprint density at radius 1 is 1.03 bits per heavy atom. The van der Waals surface area contributed by atoms with Gasteiger partial charge in [0.05, 0.1) is 19.8 Å². The highest BCUT2D eigenvalue weighted by Gasteiger charge is 2.27. The molecule has 3 N–H and O–H groups in total. The smallest absolute Gasteiger partial charge is 0.323 e. The molecular weight excluding hydrogens is 424 g/mol. The minimum atomic E-state index is -0.460. The van der Waals surface area contributed by atoms with Crippen LogP contribution in [-0.4, -0.2) is 103 Å². The highest BCUT2D eigenvalue weighted by Crippen LogP contribution is 2.21. The third-order valence-electron chi connectivity index (χ3n) is 5.20. The number of anilines is 2. The van der Waals surface area contributed by atoms with Crippen molar-refractivity contribution in [2.45, 2.75) is 52.6 Å². The number of carbonyl (C=O) groups excluding carboxylic acids is 1. The lowest BCUT2D eigenvalue weighted by Gasteiger charge is -2.42. The van der Waals surface area contributed by atoms with Crippen molar-refractivity contribution in [2.75, 3.05) is 75.9 Å². The van der Waals surface area contributed by atoms with E-state index in [9.17, 15) is 4.79 Å². The fraction of sp³-hybridized carbons (Fsp3) is 0.818. The molecule has 0 aromatic carbocycles. The van der Waals surface area contributed by atoms with Crippen molar-refractivity contribution in [2.24, 2.45) is 5.73 Å². The number of nitrogens with one attached hydrogen (secondary N) is 1. The number of nitrogens with two attached hydrogens (primary N) is 1. The Kier molecular flexibility index (Phi) is 9.62. The summed E-state index contributed by atoms with van der Waals surface area (Å²) in [5, 5.41) is 3.37. The molecule has 2 rings (SSSR count). The van der Waals surface area contributed by atoms with Crippen LogP contribution in [0.4, 0.5) is 11.9 Å². The van der Waals surface area contributed by atoms with Crippen molar-refractivity contribution in [3.8, 4) is 6.01 Å². The minimum Gasteiger partial charge on any atom is -0.461 e. The molecule has 11 nitrogen and oxygen atoms in total. The van der Waals surface area contributed by atoms with Crippen molar-refractivity contribution in [3.05, 3.63) is 0 Å². The maximum atomic E-state index is 11.4. The van der Waals surface area contributed by atoms with E-state index in [0.717, 1.165) is 32.7 Å². The predicted molar refractivity (Wildman–Crippen MR) is 130 cm³/mol. The van der Waals surface area contributed by atoms with Crippen molar-refractivity contribution in [3.63, 3.8) is 0 Å². The summed E-state index contributed by atoms with van der Waals surface area (Å²) in [6, 6.07) is 0.209. The molecule has 2 heterocycles. The molecule has 0 atom stereocenters. The molecule has 33 heavy (non-hydrogen) atoms. The number of piperazine rings is 1. The average molecular weight is 467 g/mol. The molecule has 0 radical (unpaired) electrons. The van der Waals surface area contributed by atoms with Crippen LogP contribution in [0.25, 0.3) is 0 Å². The van der Waals surface area contributed by atoms with E-state index in [1.165, 1.54) is 0 Å². The van der Waals surface area contributed by atoms with Gasteiger partial charge in [-0.2, -0.15) is 15.0 Å². The number of carbonyl (C=O) groups is 1. The molecule has 11 heteroatoms. The Balaban J connectivity index is 2.00. The SMILES string of the molecule is CN(CC(N)=O)c1nc(OCCOCCNC(C)(C)C)nc(N2CCN(C(C)(C)C)CC2)n1. The van der Waals surface area contributed by atoms with Crippen LogP contribution in [0.2, 0.25) is 0 Å². The van der Waals surface area contributed by atoms with Crippen LogP contribution in [0.3, 0.4) is 0 Å². The normalized spacial score (nSPS) is 15.5. The molecular formula is C22H42N8O3. The van der Waals surface area contributed by atoms with Gasteiger partial charge in [-0.3, -0.25) is 9.69 Å². The van der Waals surface area contributed by atoms with Crippen molar-refractivity contribution >= 4 is 17.8 Å². The van der Waals surface area contributed by atoms with E-state index in [1.54, 1.807) is 11.9 Å². The van der Waals surface area contributed by atoms with E-state index in [-0.39, 0.29) is 23.6 Å². The molecule has 1 aliphatic rings. The van der Waals surface area contributed by atoms with Crippen molar-refractivity contribution in [1.29, 1.82) is 0 Å². The standard InChI is InChI=1S/C22H42N8O3/c1-21(2,3)24-8-13-32-14-15-33-20-26-18(28(7)16-17(23)31)25-19(27-20)29-9-11-30(12-10-29)22(4,5)6/h24H,8-16H2,1-7H3,(H2,23,31). The third-order valence-corrected chi connectivity index (χ3v) is 5.20. The molecule has 1 aliphatic heterocycles. The first-order valence-corrected chi connectivity index (χ1v) is 11.6. The van der Waals surface area contributed by atoms with Gasteiger partial charge in [0.15, 0.2) is 0 Å². The molecule has 1 saturated heterocycles. The lowest BCUT2D eigenvalue weighted by atomic mass is 10.1. The number of ether oxygens (including phenoxy) is 2. The van der Waals surface area contributed by atoms with Crippen LogP contribution in [0.1, 0.15) is 41.5 Å². The summed E-state index contributed by atoms with van der Waals surface area (Å²) in [6.07, 6.45) is 0. The number of likely N-dealkylation sites (N-methyl/N-ethyl adjacent to an activating group) is 1. The molecule has 0 spiro atoms. The fourth-order valence-corrected chi connectivity index (χ4v) is 3.39. The lowest BCUT2D eigenvalue weighted by molar-refractivity contribution is -0.116. The molecule has 188 valence electrons. The molecule has 1 aromatic rings. The number of aromatic nitrogens is 3. The molecule has 0 unspecified atom stereocenters. The highest BCUT2D eigenvalue weighted by molar-refractivity contribution is 5.78. The summed E-state index contributed by atoms with van der Waals surface area (Å²) in [5.41, 5.74) is 5.53. The number of amides is 1. The zero-order valence-corrected chi connectivity index (χ0v) is 21.3. The van der Waals surface area contributed by atoms with Gasteiger partial charge in [-0.1, -0.05) is 0 Å². The Labute approximate surface area is 198 Å². The van der Waals surface area contributed by atoms with Gasteiger partial charge in [-0.15, -0.1) is 0 Å². The number of nitrogens with zero attached hydrogens (tertiary/aromatic N) is 6. The highest BCUT2D eigenvalue weighted by atomic mass is 16.5. The van der Waals surface area contributed by atoms with Gasteiger partial charge in [0, 0.05) is 50.8 Å². The maximum Gasteiger partial charge on any atom is 0.323 e. The van der Waals surface area contributed by atoms with Crippen LogP contribution in [0.5, 0.6) is 6.01 Å². The van der Waals surface area contributed by atoms with Gasteiger partial charge in [-0.05, 0) is 41.5 Å². The van der Waals surface area contributed by atoms with Gasteiger partial charge in [-0.25, -0.2) is 0 Å². The summed E-state index contributed by atoms with van der Waals surface area (Å²) < 4.78 is 11.4. The quantitative estimate of drug-likeness (QED) is 0.446. The molecule has 0 bridgehead atoms. The Hall–Kier alpha value is -2.24. The van der Waals surface area contributed by atoms with E-state index in [0.29, 0.717) is 31.7 Å². The zero-order chi connectivity index (χ0) is 24.6. The Morgan fingerprint density at radius 3 is 2.27 bits per heavy atom. The summed E-state index contributed by atoms with van der Waals surface area (Å²) in [6.45, 7) is 18.5. The van der Waals surface area contributed by atoms with Crippen LogP contribution < -0.4 is 25.6 Å². The number of rotatable bonds is 11. The van der Waals surface area contributed by atoms with Gasteiger partial charge >= 0.3 is 6.01 Å². The van der Waals surface area contributed by atoms with E-state index in [2.05, 4.69) is 71.6 Å². The van der Waals surface area contributed by atoms with Crippen LogP contribution in [0, 0.1) is 0 Å². The second-order valence-corrected chi connectivity index (χ2v) is 10.3. The van der Waals surface area contributed by atoms with Gasteiger partial charge in [0.1, 0.15) is 6.61 Å². The second-order valence-electron chi connectivity index (χ2n) is 10.3. The summed E-state index contributed by atoms with van der Waals surface area (Å²) in [4.78, 5) is 31.0. The van der Waals surface area contributed by atoms with E-state index >= 15 is 0 Å². The first-order valence-electron chi connectivity index (χ1n) is 11.6. The molecule has 0 aliphatic carbocycles. The van der Waals surface area contributed by atoms with E-state index in [4.69, 9.17) is 15.2 Å². The van der Waals surface area contributed by atoms with Crippen molar-refractivity contribution < 1.29 is 14.3 Å². The summed E-state index contributed by atoms with van der Waals surface area (Å²) in [7, 11) is 1.72. The van der Waals surface area contributed by atoms with E-state index in [1.807, 2.05) is 0 Å². The largest absolute Gasteiger partial charge is 0.461 e. The van der Waals surface area contributed by atoms with Crippen LogP contribution >= 0.6 is 0 Å². The minimum absolute atomic E-state index is 0.00455. The van der Waals surface area contributed by atoms with E-state index < -0.39 is 5.91 Å². The Morgan fingerprint density at radius 2 is 1.70 bits per heavy atom. The van der Waals surface area contributed by atoms with Crippen LogP contribution in [-0.2, 0) is 9.53 Å². The number of primary amides is 1. The van der Waals surface area contributed by atoms with Gasteiger partial charge < -0.3 is 30.3 Å². The summed E-state index contributed by atoms with van der Waals surface area (Å²) in [5.74, 6) is 0.426. The molecule has 1 fully saturated rings. The molecule has 1 aromatic heterocycles. The second kappa shape index (κ2) is 11.8. The number of hydrogen-bond donors (Lipinski definition) is 2. The van der Waals surface area contributed by atoms with Crippen LogP contribution in [0.15, 0.2) is 0 Å². The lowest BCUT2D eigenvalue weighted by Crippen LogP contribution is -2.53. The topological polar surface area (TPSA) is 122 Å². The fourth-order valence-electron chi connectivity index (χ4n) is 3.39. The molecule has 0 saturated carbocycles. The summed E-state index contributed by atoms with van der Waals surface area (Å²) >= 11 is 0. The monoisotopic (exact) mass is 466 g/mol. The van der Waals surface area contributed by atoms with Gasteiger partial charge in [0.2, 0.25) is 17.8 Å². The maximum absolute atomic E-state index is 11.4. The van der Waals surface area contributed by atoms with Gasteiger partial charge in [0.25, 0.3) is 0 Å². The predicted octanol–water partition coefficient (Wildman–Crippen LogP) is 0.497. The first-order chi connectivity index (χ1) is 15.3. The Bertz CT molecular complexity index is 755. The van der Waals surface area contributed by atoms with Crippen molar-refractivity contribution in [1.82, 2.24) is 25.2 Å². The zero-order valence-electron chi connectivity index (χ0n) is 21.3. The average Bonchev–Trinajstić information content (AvgIpc) is 2.71. The molecule has 1 amide bonds. The number of hydrogen-bond acceptors (Lipinski definition) is 10.